The molecule has 0 aromatic heterocycles. The molecule has 90 valence electrons. The van der Waals surface area contributed by atoms with Gasteiger partial charge in [-0.2, -0.15) is 0 Å². The Morgan fingerprint density at radius 3 is 2.67 bits per heavy atom. The lowest BCUT2D eigenvalue weighted by molar-refractivity contribution is 0.221. The van der Waals surface area contributed by atoms with E-state index in [1.807, 2.05) is 0 Å². The van der Waals surface area contributed by atoms with Crippen molar-refractivity contribution in [2.45, 2.75) is 46.1 Å². The van der Waals surface area contributed by atoms with Gasteiger partial charge < -0.3 is 10.2 Å². The lowest BCUT2D eigenvalue weighted by Crippen LogP contribution is -2.42. The normalized spacial score (nSPS) is 32.2. The Kier molecular flexibility index (Phi) is 5.62. The molecular formula is C13H28N2. The van der Waals surface area contributed by atoms with Crippen molar-refractivity contribution in [2.24, 2.45) is 11.8 Å². The van der Waals surface area contributed by atoms with Crippen molar-refractivity contribution < 1.29 is 0 Å². The maximum Gasteiger partial charge on any atom is 0.0104 e. The minimum atomic E-state index is 0.763. The first-order valence-electron chi connectivity index (χ1n) is 6.55. The molecular weight excluding hydrogens is 184 g/mol. The van der Waals surface area contributed by atoms with Gasteiger partial charge in [0, 0.05) is 19.1 Å². The van der Waals surface area contributed by atoms with Crippen molar-refractivity contribution >= 4 is 0 Å². The summed E-state index contributed by atoms with van der Waals surface area (Å²) in [5.41, 5.74) is 0. The smallest absolute Gasteiger partial charge is 0.0104 e. The minimum absolute atomic E-state index is 0.763. The van der Waals surface area contributed by atoms with Gasteiger partial charge in [-0.15, -0.1) is 0 Å². The molecule has 1 fully saturated rings. The average molecular weight is 212 g/mol. The fraction of sp³-hybridized carbons (Fsp3) is 1.00. The Morgan fingerprint density at radius 2 is 2.00 bits per heavy atom. The highest BCUT2D eigenvalue weighted by Crippen LogP contribution is 2.28. The summed E-state index contributed by atoms with van der Waals surface area (Å²) < 4.78 is 0. The van der Waals surface area contributed by atoms with Crippen LogP contribution in [0.2, 0.25) is 0 Å². The lowest BCUT2D eigenvalue weighted by atomic mass is 9.80. The number of nitrogens with zero attached hydrogens (tertiary/aromatic N) is 1. The molecule has 0 bridgehead atoms. The molecule has 1 aliphatic carbocycles. The van der Waals surface area contributed by atoms with Crippen molar-refractivity contribution in [2.75, 3.05) is 26.7 Å². The summed E-state index contributed by atoms with van der Waals surface area (Å²) >= 11 is 0. The molecule has 0 aromatic carbocycles. The molecule has 0 heterocycles. The van der Waals surface area contributed by atoms with E-state index in [0.717, 1.165) is 31.0 Å². The molecule has 1 rings (SSSR count). The van der Waals surface area contributed by atoms with Crippen LogP contribution in [0.5, 0.6) is 0 Å². The second-order valence-corrected chi connectivity index (χ2v) is 5.35. The zero-order valence-electron chi connectivity index (χ0n) is 10.9. The topological polar surface area (TPSA) is 15.3 Å². The van der Waals surface area contributed by atoms with E-state index in [9.17, 15) is 0 Å². The largest absolute Gasteiger partial charge is 0.312 e. The van der Waals surface area contributed by atoms with E-state index in [1.165, 1.54) is 25.8 Å². The second-order valence-electron chi connectivity index (χ2n) is 5.35. The summed E-state index contributed by atoms with van der Waals surface area (Å²) in [5.74, 6) is 1.79. The van der Waals surface area contributed by atoms with Crippen LogP contribution in [0.15, 0.2) is 0 Å². The number of hydrogen-bond donors (Lipinski definition) is 1. The highest BCUT2D eigenvalue weighted by atomic mass is 15.1. The first-order valence-corrected chi connectivity index (χ1v) is 6.55. The van der Waals surface area contributed by atoms with Crippen LogP contribution in [0.25, 0.3) is 0 Å². The van der Waals surface area contributed by atoms with Crippen LogP contribution in [-0.4, -0.2) is 37.6 Å². The predicted molar refractivity (Wildman–Crippen MR) is 67.1 cm³/mol. The van der Waals surface area contributed by atoms with E-state index < -0.39 is 0 Å². The second kappa shape index (κ2) is 6.49. The molecule has 0 spiro atoms. The molecule has 0 amide bonds. The SMILES string of the molecule is CCN(C)CCNC1CC(C)CCC1C. The number of nitrogens with one attached hydrogen (secondary N) is 1. The van der Waals surface area contributed by atoms with Crippen molar-refractivity contribution in [3.63, 3.8) is 0 Å². The van der Waals surface area contributed by atoms with E-state index in [1.54, 1.807) is 0 Å². The Morgan fingerprint density at radius 1 is 1.27 bits per heavy atom. The Balaban J connectivity index is 2.18. The van der Waals surface area contributed by atoms with Gasteiger partial charge in [-0.05, 0) is 38.3 Å². The third-order valence-electron chi connectivity index (χ3n) is 3.90. The van der Waals surface area contributed by atoms with Gasteiger partial charge in [0.15, 0.2) is 0 Å². The molecule has 15 heavy (non-hydrogen) atoms. The van der Waals surface area contributed by atoms with Crippen LogP contribution < -0.4 is 5.32 Å². The van der Waals surface area contributed by atoms with Crippen LogP contribution in [0, 0.1) is 11.8 Å². The summed E-state index contributed by atoms with van der Waals surface area (Å²) in [7, 11) is 2.19. The summed E-state index contributed by atoms with van der Waals surface area (Å²) in [6, 6.07) is 0.763. The average Bonchev–Trinajstić information content (AvgIpc) is 2.23. The summed E-state index contributed by atoms with van der Waals surface area (Å²) in [4.78, 5) is 2.37. The quantitative estimate of drug-likeness (QED) is 0.752. The Bertz CT molecular complexity index is 170. The van der Waals surface area contributed by atoms with Crippen LogP contribution >= 0.6 is 0 Å². The van der Waals surface area contributed by atoms with Gasteiger partial charge in [0.05, 0.1) is 0 Å². The van der Waals surface area contributed by atoms with Crippen LogP contribution in [0.4, 0.5) is 0 Å². The minimum Gasteiger partial charge on any atom is -0.312 e. The monoisotopic (exact) mass is 212 g/mol. The van der Waals surface area contributed by atoms with Crippen LogP contribution in [0.1, 0.15) is 40.0 Å². The fourth-order valence-corrected chi connectivity index (χ4v) is 2.42. The highest BCUT2D eigenvalue weighted by molar-refractivity contribution is 4.81. The molecule has 0 radical (unpaired) electrons. The molecule has 1 aliphatic rings. The van der Waals surface area contributed by atoms with Crippen molar-refractivity contribution in [3.8, 4) is 0 Å². The fourth-order valence-electron chi connectivity index (χ4n) is 2.42. The molecule has 0 saturated heterocycles. The molecule has 0 aliphatic heterocycles. The van der Waals surface area contributed by atoms with Gasteiger partial charge >= 0.3 is 0 Å². The van der Waals surface area contributed by atoms with E-state index in [2.05, 4.69) is 38.0 Å². The van der Waals surface area contributed by atoms with Gasteiger partial charge in [0.2, 0.25) is 0 Å². The lowest BCUT2D eigenvalue weighted by Gasteiger charge is -2.33. The molecule has 0 aromatic rings. The predicted octanol–water partition coefficient (Wildman–Crippen LogP) is 2.35. The van der Waals surface area contributed by atoms with Crippen molar-refractivity contribution in [1.82, 2.24) is 10.2 Å². The molecule has 2 nitrogen and oxygen atoms in total. The maximum atomic E-state index is 3.73. The standard InChI is InChI=1S/C13H28N2/c1-5-15(4)9-8-14-13-10-11(2)6-7-12(13)3/h11-14H,5-10H2,1-4H3. The number of rotatable bonds is 5. The van der Waals surface area contributed by atoms with E-state index in [0.29, 0.717) is 0 Å². The first-order chi connectivity index (χ1) is 7.13. The summed E-state index contributed by atoms with van der Waals surface area (Å²) in [5, 5.41) is 3.73. The third kappa shape index (κ3) is 4.52. The van der Waals surface area contributed by atoms with Crippen molar-refractivity contribution in [3.05, 3.63) is 0 Å². The molecule has 1 N–H and O–H groups in total. The van der Waals surface area contributed by atoms with Gasteiger partial charge in [-0.25, -0.2) is 0 Å². The van der Waals surface area contributed by atoms with Gasteiger partial charge in [-0.1, -0.05) is 27.2 Å². The molecule has 1 saturated carbocycles. The molecule has 3 atom stereocenters. The highest BCUT2D eigenvalue weighted by Gasteiger charge is 2.24. The van der Waals surface area contributed by atoms with Crippen LogP contribution in [0.3, 0.4) is 0 Å². The number of likely N-dealkylation sites (N-methyl/N-ethyl adjacent to an activating group) is 1. The third-order valence-corrected chi connectivity index (χ3v) is 3.90. The van der Waals surface area contributed by atoms with Crippen LogP contribution in [-0.2, 0) is 0 Å². The molecule has 2 heteroatoms. The summed E-state index contributed by atoms with van der Waals surface area (Å²) in [6.07, 6.45) is 4.20. The number of hydrogen-bond acceptors (Lipinski definition) is 2. The summed E-state index contributed by atoms with van der Waals surface area (Å²) in [6.45, 7) is 10.5. The zero-order chi connectivity index (χ0) is 11.3. The molecule has 3 unspecified atom stereocenters. The Labute approximate surface area is 95.4 Å². The van der Waals surface area contributed by atoms with Crippen molar-refractivity contribution in [1.29, 1.82) is 0 Å². The van der Waals surface area contributed by atoms with Gasteiger partial charge in [-0.3, -0.25) is 0 Å². The zero-order valence-corrected chi connectivity index (χ0v) is 10.9. The van der Waals surface area contributed by atoms with E-state index in [4.69, 9.17) is 0 Å². The van der Waals surface area contributed by atoms with Gasteiger partial charge in [0.1, 0.15) is 0 Å². The first kappa shape index (κ1) is 13.0. The van der Waals surface area contributed by atoms with E-state index in [-0.39, 0.29) is 0 Å². The maximum absolute atomic E-state index is 3.73. The Hall–Kier alpha value is -0.0800. The van der Waals surface area contributed by atoms with E-state index >= 15 is 0 Å². The van der Waals surface area contributed by atoms with Gasteiger partial charge in [0.25, 0.3) is 0 Å².